The van der Waals surface area contributed by atoms with E-state index in [2.05, 4.69) is 9.62 Å². The van der Waals surface area contributed by atoms with Crippen LogP contribution >= 0.6 is 0 Å². The molecule has 3 rings (SSSR count). The van der Waals surface area contributed by atoms with E-state index in [1.165, 1.54) is 12.1 Å². The fraction of sp³-hybridized carbons (Fsp3) is 0.429. The highest BCUT2D eigenvalue weighted by Crippen LogP contribution is 2.28. The minimum Gasteiger partial charge on any atom is -0.497 e. The van der Waals surface area contributed by atoms with E-state index in [4.69, 9.17) is 4.74 Å². The van der Waals surface area contributed by atoms with Crippen LogP contribution in [0.3, 0.4) is 0 Å². The summed E-state index contributed by atoms with van der Waals surface area (Å²) in [6.45, 7) is 3.80. The third-order valence-electron chi connectivity index (χ3n) is 5.48. The Labute approximate surface area is 177 Å². The van der Waals surface area contributed by atoms with E-state index in [1.54, 1.807) is 7.11 Å². The van der Waals surface area contributed by atoms with Gasteiger partial charge in [-0.3, -0.25) is 15.0 Å². The maximum Gasteiger partial charge on any atom is 0.270 e. The summed E-state index contributed by atoms with van der Waals surface area (Å²) in [6, 6.07) is 11.5. The molecule has 2 aromatic carbocycles. The van der Waals surface area contributed by atoms with Crippen molar-refractivity contribution >= 4 is 15.7 Å². The van der Waals surface area contributed by atoms with Crippen molar-refractivity contribution < 1.29 is 18.1 Å². The summed E-state index contributed by atoms with van der Waals surface area (Å²) >= 11 is 0. The van der Waals surface area contributed by atoms with Gasteiger partial charge in [0, 0.05) is 24.7 Å². The molecule has 0 bridgehead atoms. The largest absolute Gasteiger partial charge is 0.497 e. The molecule has 1 fully saturated rings. The molecule has 2 aromatic rings. The molecule has 162 valence electrons. The number of non-ortho nitro benzene ring substituents is 1. The Morgan fingerprint density at radius 2 is 1.83 bits per heavy atom. The van der Waals surface area contributed by atoms with Crippen molar-refractivity contribution in [2.45, 2.75) is 37.1 Å². The number of hydrogen-bond acceptors (Lipinski definition) is 6. The summed E-state index contributed by atoms with van der Waals surface area (Å²) in [4.78, 5) is 12.8. The highest BCUT2D eigenvalue weighted by Gasteiger charge is 2.27. The minimum absolute atomic E-state index is 0.0332. The highest BCUT2D eigenvalue weighted by atomic mass is 32.2. The van der Waals surface area contributed by atoms with E-state index in [9.17, 15) is 18.5 Å². The van der Waals surface area contributed by atoms with Crippen molar-refractivity contribution in [3.63, 3.8) is 0 Å². The van der Waals surface area contributed by atoms with Gasteiger partial charge in [0.05, 0.1) is 16.9 Å². The monoisotopic (exact) mass is 433 g/mol. The van der Waals surface area contributed by atoms with E-state index < -0.39 is 14.9 Å². The number of nitro benzene ring substituents is 1. The molecule has 0 aliphatic carbocycles. The number of ether oxygens (including phenoxy) is 1. The lowest BCUT2D eigenvalue weighted by Crippen LogP contribution is -2.37. The van der Waals surface area contributed by atoms with Gasteiger partial charge in [-0.2, -0.15) is 0 Å². The number of methoxy groups -OCH3 is 1. The molecule has 8 nitrogen and oxygen atoms in total. The quantitative estimate of drug-likeness (QED) is 0.481. The van der Waals surface area contributed by atoms with Gasteiger partial charge < -0.3 is 4.74 Å². The minimum atomic E-state index is -3.91. The molecule has 0 saturated carbocycles. The summed E-state index contributed by atoms with van der Waals surface area (Å²) in [6.07, 6.45) is 2.61. The summed E-state index contributed by atoms with van der Waals surface area (Å²) in [5, 5.41) is 11.1. The Balaban J connectivity index is 1.87. The first-order valence-corrected chi connectivity index (χ1v) is 11.5. The van der Waals surface area contributed by atoms with Crippen LogP contribution in [0.25, 0.3) is 0 Å². The maximum atomic E-state index is 13.1. The fourth-order valence-corrected chi connectivity index (χ4v) is 5.17. The second kappa shape index (κ2) is 9.55. The van der Waals surface area contributed by atoms with Crippen LogP contribution in [-0.2, 0) is 16.4 Å². The molecule has 1 aliphatic heterocycles. The molecular formula is C21H27N3O5S. The van der Waals surface area contributed by atoms with Crippen molar-refractivity contribution in [3.8, 4) is 5.75 Å². The van der Waals surface area contributed by atoms with Gasteiger partial charge in [0.2, 0.25) is 10.0 Å². The predicted molar refractivity (Wildman–Crippen MR) is 114 cm³/mol. The van der Waals surface area contributed by atoms with Crippen LogP contribution < -0.4 is 9.46 Å². The number of nitrogens with zero attached hydrogens (tertiary/aromatic N) is 2. The van der Waals surface area contributed by atoms with Crippen LogP contribution in [0.4, 0.5) is 5.69 Å². The SMILES string of the molecule is CCc1ccc([N+](=O)[O-])cc1S(=O)(=O)NCC(c1ccc(OC)cc1)N1CCCC1. The third-order valence-corrected chi connectivity index (χ3v) is 6.99. The molecule has 1 aliphatic rings. The molecule has 1 atom stereocenters. The van der Waals surface area contributed by atoms with E-state index in [0.29, 0.717) is 12.0 Å². The number of nitrogens with one attached hydrogen (secondary N) is 1. The second-order valence-electron chi connectivity index (χ2n) is 7.29. The predicted octanol–water partition coefficient (Wildman–Crippen LogP) is 3.28. The Morgan fingerprint density at radius 1 is 1.17 bits per heavy atom. The molecule has 30 heavy (non-hydrogen) atoms. The molecule has 0 amide bonds. The van der Waals surface area contributed by atoms with Gasteiger partial charge in [-0.1, -0.05) is 25.1 Å². The summed E-state index contributed by atoms with van der Waals surface area (Å²) in [7, 11) is -2.31. The summed E-state index contributed by atoms with van der Waals surface area (Å²) in [5.74, 6) is 0.740. The van der Waals surface area contributed by atoms with E-state index in [-0.39, 0.29) is 23.2 Å². The molecule has 1 unspecified atom stereocenters. The molecule has 0 spiro atoms. The van der Waals surface area contributed by atoms with Gasteiger partial charge in [0.25, 0.3) is 5.69 Å². The van der Waals surface area contributed by atoms with Gasteiger partial charge in [-0.15, -0.1) is 0 Å². The number of nitro groups is 1. The number of benzene rings is 2. The molecule has 0 radical (unpaired) electrons. The van der Waals surface area contributed by atoms with Crippen LogP contribution in [0.5, 0.6) is 5.75 Å². The Kier molecular flexibility index (Phi) is 7.06. The number of likely N-dealkylation sites (tertiary alicyclic amines) is 1. The van der Waals surface area contributed by atoms with Crippen LogP contribution in [-0.4, -0.2) is 45.0 Å². The van der Waals surface area contributed by atoms with E-state index in [1.807, 2.05) is 31.2 Å². The standard InChI is InChI=1S/C21H27N3O5S/c1-3-16-6-9-18(24(25)26)14-21(16)30(27,28)22-15-20(23-12-4-5-13-23)17-7-10-19(29-2)11-8-17/h6-11,14,20,22H,3-5,12-13,15H2,1-2H3. The lowest BCUT2D eigenvalue weighted by atomic mass is 10.1. The summed E-state index contributed by atoms with van der Waals surface area (Å²) < 4.78 is 34.1. The van der Waals surface area contributed by atoms with Crippen LogP contribution in [0.2, 0.25) is 0 Å². The van der Waals surface area contributed by atoms with Gasteiger partial charge in [0.1, 0.15) is 5.75 Å². The third kappa shape index (κ3) is 4.97. The first-order chi connectivity index (χ1) is 14.4. The zero-order chi connectivity index (χ0) is 21.7. The van der Waals surface area contributed by atoms with Crippen molar-refractivity contribution in [1.29, 1.82) is 0 Å². The maximum absolute atomic E-state index is 13.1. The Morgan fingerprint density at radius 3 is 2.40 bits per heavy atom. The number of aryl methyl sites for hydroxylation is 1. The van der Waals surface area contributed by atoms with Crippen molar-refractivity contribution in [1.82, 2.24) is 9.62 Å². The average molecular weight is 434 g/mol. The van der Waals surface area contributed by atoms with E-state index >= 15 is 0 Å². The first-order valence-electron chi connectivity index (χ1n) is 10.0. The van der Waals surface area contributed by atoms with E-state index in [0.717, 1.165) is 43.3 Å². The second-order valence-corrected chi connectivity index (χ2v) is 9.02. The normalized spacial score (nSPS) is 15.8. The topological polar surface area (TPSA) is 102 Å². The van der Waals surface area contributed by atoms with Gasteiger partial charge in [-0.05, 0) is 55.6 Å². The number of hydrogen-bond donors (Lipinski definition) is 1. The van der Waals surface area contributed by atoms with Gasteiger partial charge in [0.15, 0.2) is 0 Å². The van der Waals surface area contributed by atoms with Crippen LogP contribution in [0.1, 0.15) is 36.9 Å². The lowest BCUT2D eigenvalue weighted by molar-refractivity contribution is -0.385. The molecule has 1 heterocycles. The van der Waals surface area contributed by atoms with Crippen molar-refractivity contribution in [3.05, 3.63) is 63.7 Å². The van der Waals surface area contributed by atoms with Crippen molar-refractivity contribution in [2.24, 2.45) is 0 Å². The zero-order valence-corrected chi connectivity index (χ0v) is 18.0. The lowest BCUT2D eigenvalue weighted by Gasteiger charge is -2.28. The fourth-order valence-electron chi connectivity index (χ4n) is 3.80. The van der Waals surface area contributed by atoms with Gasteiger partial charge in [-0.25, -0.2) is 13.1 Å². The van der Waals surface area contributed by atoms with Gasteiger partial charge >= 0.3 is 0 Å². The van der Waals surface area contributed by atoms with Crippen LogP contribution in [0, 0.1) is 10.1 Å². The van der Waals surface area contributed by atoms with Crippen LogP contribution in [0.15, 0.2) is 47.4 Å². The first kappa shape index (κ1) is 22.2. The Bertz CT molecular complexity index is 986. The highest BCUT2D eigenvalue weighted by molar-refractivity contribution is 7.89. The average Bonchev–Trinajstić information content (AvgIpc) is 3.28. The molecule has 1 N–H and O–H groups in total. The molecule has 0 aromatic heterocycles. The smallest absolute Gasteiger partial charge is 0.270 e. The molecular weight excluding hydrogens is 406 g/mol. The zero-order valence-electron chi connectivity index (χ0n) is 17.2. The van der Waals surface area contributed by atoms with Crippen molar-refractivity contribution in [2.75, 3.05) is 26.7 Å². The Hall–Kier alpha value is -2.49. The summed E-state index contributed by atoms with van der Waals surface area (Å²) in [5.41, 5.74) is 1.31. The molecule has 9 heteroatoms. The molecule has 1 saturated heterocycles. The number of sulfonamides is 1. The number of rotatable bonds is 9.